The molecule has 6 heteroatoms. The summed E-state index contributed by atoms with van der Waals surface area (Å²) < 4.78 is 16.8. The van der Waals surface area contributed by atoms with Gasteiger partial charge >= 0.3 is 17.9 Å². The van der Waals surface area contributed by atoms with Gasteiger partial charge in [-0.3, -0.25) is 14.4 Å². The maximum atomic E-state index is 12.8. The Morgan fingerprint density at radius 3 is 0.922 bits per heavy atom. The first kappa shape index (κ1) is 61.4. The Bertz CT molecular complexity index is 1120. The Kier molecular flexibility index (Phi) is 50.8. The molecule has 0 aromatic rings. The SMILES string of the molecule is CCCC/C=C\C/C=C\CCCCCCCC(=O)OC(COC(=O)CCCCCCC/C=C\CCCCCCC)COC(=O)CCCCCCCCC/C=C\CCCCCCCCC. The topological polar surface area (TPSA) is 78.9 Å². The van der Waals surface area contributed by atoms with Crippen molar-refractivity contribution in [2.45, 2.75) is 290 Å². The number of rotatable bonds is 50. The molecular formula is C58H104O6. The molecule has 0 heterocycles. The summed E-state index contributed by atoms with van der Waals surface area (Å²) in [5.41, 5.74) is 0. The van der Waals surface area contributed by atoms with Crippen molar-refractivity contribution in [3.05, 3.63) is 48.6 Å². The van der Waals surface area contributed by atoms with Gasteiger partial charge in [-0.1, -0.05) is 217 Å². The van der Waals surface area contributed by atoms with Gasteiger partial charge in [-0.15, -0.1) is 0 Å². The van der Waals surface area contributed by atoms with Crippen LogP contribution in [0.15, 0.2) is 48.6 Å². The first-order valence-corrected chi connectivity index (χ1v) is 27.6. The molecule has 0 saturated carbocycles. The zero-order chi connectivity index (χ0) is 46.5. The van der Waals surface area contributed by atoms with Gasteiger partial charge in [-0.2, -0.15) is 0 Å². The molecule has 0 radical (unpaired) electrons. The van der Waals surface area contributed by atoms with Crippen molar-refractivity contribution >= 4 is 17.9 Å². The van der Waals surface area contributed by atoms with Gasteiger partial charge in [0.2, 0.25) is 0 Å². The Morgan fingerprint density at radius 1 is 0.312 bits per heavy atom. The molecule has 0 spiro atoms. The van der Waals surface area contributed by atoms with Crippen LogP contribution in [0.5, 0.6) is 0 Å². The van der Waals surface area contributed by atoms with E-state index in [1.54, 1.807) is 0 Å². The van der Waals surface area contributed by atoms with Gasteiger partial charge in [-0.05, 0) is 96.3 Å². The Balaban J connectivity index is 4.38. The minimum Gasteiger partial charge on any atom is -0.462 e. The third-order valence-electron chi connectivity index (χ3n) is 12.0. The maximum absolute atomic E-state index is 12.8. The summed E-state index contributed by atoms with van der Waals surface area (Å²) >= 11 is 0. The molecule has 0 aliphatic heterocycles. The molecule has 1 atom stereocenters. The number of esters is 3. The van der Waals surface area contributed by atoms with E-state index in [0.717, 1.165) is 89.9 Å². The van der Waals surface area contributed by atoms with Gasteiger partial charge < -0.3 is 14.2 Å². The highest BCUT2D eigenvalue weighted by Crippen LogP contribution is 2.15. The molecule has 0 saturated heterocycles. The number of carbonyl (C=O) groups is 3. The first-order chi connectivity index (χ1) is 31.5. The van der Waals surface area contributed by atoms with Crippen LogP contribution in [0.25, 0.3) is 0 Å². The fourth-order valence-electron chi connectivity index (χ4n) is 7.80. The summed E-state index contributed by atoms with van der Waals surface area (Å²) in [5.74, 6) is -0.900. The summed E-state index contributed by atoms with van der Waals surface area (Å²) in [5, 5.41) is 0. The molecule has 0 aliphatic carbocycles. The van der Waals surface area contributed by atoms with Crippen LogP contribution in [-0.4, -0.2) is 37.2 Å². The van der Waals surface area contributed by atoms with Gasteiger partial charge in [-0.25, -0.2) is 0 Å². The Hall–Kier alpha value is -2.63. The molecule has 1 unspecified atom stereocenters. The average Bonchev–Trinajstić information content (AvgIpc) is 3.29. The van der Waals surface area contributed by atoms with Crippen molar-refractivity contribution in [2.75, 3.05) is 13.2 Å². The summed E-state index contributed by atoms with van der Waals surface area (Å²) in [6, 6.07) is 0. The standard InChI is InChI=1S/C58H104O6/c1-4-7-10-13-16-19-22-25-28-29-30-31-34-36-39-42-45-48-51-57(60)63-54-55(64-58(61)52-49-46-43-40-37-33-27-24-21-18-15-12-9-6-3)53-62-56(59)50-47-44-41-38-35-32-26-23-20-17-14-11-8-5-2/h15,18,23-24,26-29,55H,4-14,16-17,19-22,25,30-54H2,1-3H3/b18-15-,26-23-,27-24-,29-28-. The number of hydrogen-bond donors (Lipinski definition) is 0. The number of carbonyl (C=O) groups excluding carboxylic acids is 3. The van der Waals surface area contributed by atoms with Crippen molar-refractivity contribution in [2.24, 2.45) is 0 Å². The van der Waals surface area contributed by atoms with E-state index in [1.165, 1.54) is 154 Å². The molecular weight excluding hydrogens is 793 g/mol. The van der Waals surface area contributed by atoms with Crippen LogP contribution in [-0.2, 0) is 28.6 Å². The van der Waals surface area contributed by atoms with Crippen LogP contribution >= 0.6 is 0 Å². The van der Waals surface area contributed by atoms with Crippen molar-refractivity contribution < 1.29 is 28.6 Å². The van der Waals surface area contributed by atoms with Gasteiger partial charge in [0.1, 0.15) is 13.2 Å². The predicted octanol–water partition coefficient (Wildman–Crippen LogP) is 18.3. The highest BCUT2D eigenvalue weighted by molar-refractivity contribution is 5.71. The van der Waals surface area contributed by atoms with Crippen LogP contribution in [0, 0.1) is 0 Å². The van der Waals surface area contributed by atoms with Gasteiger partial charge in [0, 0.05) is 19.3 Å². The predicted molar refractivity (Wildman–Crippen MR) is 275 cm³/mol. The van der Waals surface area contributed by atoms with Gasteiger partial charge in [0.05, 0.1) is 0 Å². The molecule has 0 fully saturated rings. The van der Waals surface area contributed by atoms with Crippen molar-refractivity contribution in [1.29, 1.82) is 0 Å². The van der Waals surface area contributed by atoms with E-state index in [1.807, 2.05) is 0 Å². The Labute approximate surface area is 397 Å². The summed E-state index contributed by atoms with van der Waals surface area (Å²) in [7, 11) is 0. The van der Waals surface area contributed by atoms with Gasteiger partial charge in [0.15, 0.2) is 6.10 Å². The highest BCUT2D eigenvalue weighted by Gasteiger charge is 2.19. The lowest BCUT2D eigenvalue weighted by Crippen LogP contribution is -2.30. The first-order valence-electron chi connectivity index (χ1n) is 27.6. The minimum atomic E-state index is -0.784. The maximum Gasteiger partial charge on any atom is 0.306 e. The van der Waals surface area contributed by atoms with Crippen molar-refractivity contribution in [1.82, 2.24) is 0 Å². The largest absolute Gasteiger partial charge is 0.462 e. The van der Waals surface area contributed by atoms with Crippen LogP contribution < -0.4 is 0 Å². The van der Waals surface area contributed by atoms with Crippen molar-refractivity contribution in [3.63, 3.8) is 0 Å². The fraction of sp³-hybridized carbons (Fsp3) is 0.810. The molecule has 64 heavy (non-hydrogen) atoms. The van der Waals surface area contributed by atoms with E-state index >= 15 is 0 Å². The zero-order valence-corrected chi connectivity index (χ0v) is 42.6. The third-order valence-corrected chi connectivity index (χ3v) is 12.0. The molecule has 0 aliphatic rings. The smallest absolute Gasteiger partial charge is 0.306 e. The molecule has 0 rings (SSSR count). The number of allylic oxidation sites excluding steroid dienone is 8. The molecule has 0 aromatic heterocycles. The lowest BCUT2D eigenvalue weighted by atomic mass is 10.1. The molecule has 0 N–H and O–H groups in total. The Morgan fingerprint density at radius 2 is 0.578 bits per heavy atom. The van der Waals surface area contributed by atoms with E-state index < -0.39 is 6.10 Å². The molecule has 0 amide bonds. The van der Waals surface area contributed by atoms with E-state index in [0.29, 0.717) is 19.3 Å². The lowest BCUT2D eigenvalue weighted by Gasteiger charge is -2.18. The second kappa shape index (κ2) is 53.0. The third kappa shape index (κ3) is 50.4. The van der Waals surface area contributed by atoms with Crippen molar-refractivity contribution in [3.8, 4) is 0 Å². The quantitative estimate of drug-likeness (QED) is 0.0262. The molecule has 372 valence electrons. The van der Waals surface area contributed by atoms with Crippen LogP contribution in [0.2, 0.25) is 0 Å². The monoisotopic (exact) mass is 897 g/mol. The number of unbranched alkanes of at least 4 members (excludes halogenated alkanes) is 31. The molecule has 6 nitrogen and oxygen atoms in total. The summed E-state index contributed by atoms with van der Waals surface area (Å²) in [6.45, 7) is 6.59. The second-order valence-electron chi connectivity index (χ2n) is 18.5. The number of hydrogen-bond acceptors (Lipinski definition) is 6. The highest BCUT2D eigenvalue weighted by atomic mass is 16.6. The lowest BCUT2D eigenvalue weighted by molar-refractivity contribution is -0.167. The van der Waals surface area contributed by atoms with E-state index in [4.69, 9.17) is 14.2 Å². The fourth-order valence-corrected chi connectivity index (χ4v) is 7.80. The van der Waals surface area contributed by atoms with E-state index in [2.05, 4.69) is 69.4 Å². The van der Waals surface area contributed by atoms with Crippen LogP contribution in [0.4, 0.5) is 0 Å². The second-order valence-corrected chi connectivity index (χ2v) is 18.5. The zero-order valence-electron chi connectivity index (χ0n) is 42.6. The van der Waals surface area contributed by atoms with Crippen LogP contribution in [0.1, 0.15) is 284 Å². The van der Waals surface area contributed by atoms with Gasteiger partial charge in [0.25, 0.3) is 0 Å². The van der Waals surface area contributed by atoms with E-state index in [-0.39, 0.29) is 31.1 Å². The molecule has 0 aromatic carbocycles. The van der Waals surface area contributed by atoms with Crippen LogP contribution in [0.3, 0.4) is 0 Å². The van der Waals surface area contributed by atoms with E-state index in [9.17, 15) is 14.4 Å². The molecule has 0 bridgehead atoms. The number of ether oxygens (including phenoxy) is 3. The normalized spacial score (nSPS) is 12.4. The summed E-state index contributed by atoms with van der Waals surface area (Å²) in [4.78, 5) is 38.1. The minimum absolute atomic E-state index is 0.0826. The average molecular weight is 897 g/mol. The summed E-state index contributed by atoms with van der Waals surface area (Å²) in [6.07, 6.45) is 63.8.